The quantitative estimate of drug-likeness (QED) is 0.888. The average molecular weight is 267 g/mol. The molecule has 4 nitrogen and oxygen atoms in total. The van der Waals surface area contributed by atoms with Crippen molar-refractivity contribution in [1.82, 2.24) is 9.97 Å². The Hall–Kier alpha value is -0.970. The van der Waals surface area contributed by atoms with Gasteiger partial charge in [0.25, 0.3) is 0 Å². The number of hydrogen-bond donors (Lipinski definition) is 1. The van der Waals surface area contributed by atoms with Gasteiger partial charge in [0.2, 0.25) is 5.88 Å². The molecular formula is C13H21N3OS. The van der Waals surface area contributed by atoms with Gasteiger partial charge < -0.3 is 10.1 Å². The monoisotopic (exact) mass is 267 g/mol. The van der Waals surface area contributed by atoms with Gasteiger partial charge in [-0.25, -0.2) is 0 Å². The molecule has 0 radical (unpaired) electrons. The van der Waals surface area contributed by atoms with E-state index < -0.39 is 0 Å². The summed E-state index contributed by atoms with van der Waals surface area (Å²) in [5.41, 5.74) is 0. The number of nitrogens with one attached hydrogen (secondary N) is 1. The summed E-state index contributed by atoms with van der Waals surface area (Å²) >= 11 is 2.04. The lowest BCUT2D eigenvalue weighted by molar-refractivity contribution is 0.232. The van der Waals surface area contributed by atoms with E-state index in [2.05, 4.69) is 22.2 Å². The molecule has 0 spiro atoms. The minimum Gasteiger partial charge on any atom is -0.474 e. The number of rotatable bonds is 5. The molecule has 0 bridgehead atoms. The van der Waals surface area contributed by atoms with Gasteiger partial charge in [-0.3, -0.25) is 4.98 Å². The first-order chi connectivity index (χ1) is 8.57. The molecule has 0 aromatic carbocycles. The molecule has 2 heterocycles. The van der Waals surface area contributed by atoms with Gasteiger partial charge in [0.1, 0.15) is 5.82 Å². The zero-order valence-corrected chi connectivity index (χ0v) is 12.1. The number of ether oxygens (including phenoxy) is 1. The highest BCUT2D eigenvalue weighted by atomic mass is 32.2. The van der Waals surface area contributed by atoms with Crippen molar-refractivity contribution in [1.29, 1.82) is 0 Å². The number of aromatic nitrogens is 2. The normalized spacial score (nSPS) is 23.3. The van der Waals surface area contributed by atoms with Gasteiger partial charge in [-0.2, -0.15) is 16.7 Å². The van der Waals surface area contributed by atoms with E-state index in [0.29, 0.717) is 10.6 Å². The van der Waals surface area contributed by atoms with Gasteiger partial charge in [0.15, 0.2) is 0 Å². The summed E-state index contributed by atoms with van der Waals surface area (Å²) in [6.07, 6.45) is 6.09. The molecule has 1 aromatic rings. The molecule has 18 heavy (non-hydrogen) atoms. The Morgan fingerprint density at radius 3 is 3.00 bits per heavy atom. The second kappa shape index (κ2) is 5.78. The van der Waals surface area contributed by atoms with E-state index in [4.69, 9.17) is 4.74 Å². The summed E-state index contributed by atoms with van der Waals surface area (Å²) in [6, 6.07) is 0. The van der Waals surface area contributed by atoms with E-state index in [1.807, 2.05) is 25.6 Å². The van der Waals surface area contributed by atoms with Gasteiger partial charge in [0, 0.05) is 11.3 Å². The van der Waals surface area contributed by atoms with Crippen molar-refractivity contribution >= 4 is 17.6 Å². The van der Waals surface area contributed by atoms with Gasteiger partial charge in [-0.15, -0.1) is 0 Å². The summed E-state index contributed by atoms with van der Waals surface area (Å²) in [6.45, 7) is 7.20. The lowest BCUT2D eigenvalue weighted by atomic mass is 10.1. The third-order valence-corrected chi connectivity index (χ3v) is 4.45. The van der Waals surface area contributed by atoms with Crippen molar-refractivity contribution < 1.29 is 4.74 Å². The van der Waals surface area contributed by atoms with Crippen LogP contribution < -0.4 is 10.1 Å². The second-order valence-electron chi connectivity index (χ2n) is 5.16. The summed E-state index contributed by atoms with van der Waals surface area (Å²) < 4.78 is 5.86. The molecule has 1 fully saturated rings. The minimum absolute atomic E-state index is 0.123. The predicted octanol–water partition coefficient (Wildman–Crippen LogP) is 2.96. The third kappa shape index (κ3) is 3.77. The SMILES string of the molecule is CC(C)Oc1cncc(NCC2(C)CCCS2)n1. The predicted molar refractivity (Wildman–Crippen MR) is 76.4 cm³/mol. The summed E-state index contributed by atoms with van der Waals surface area (Å²) in [4.78, 5) is 8.55. The maximum atomic E-state index is 5.53. The Bertz CT molecular complexity index is 392. The molecule has 2 rings (SSSR count). The van der Waals surface area contributed by atoms with E-state index in [1.165, 1.54) is 18.6 Å². The fraction of sp³-hybridized carbons (Fsp3) is 0.692. The van der Waals surface area contributed by atoms with Crippen molar-refractivity contribution in [3.63, 3.8) is 0 Å². The standard InChI is InChI=1S/C13H21N3OS/c1-10(2)17-12-8-14-7-11(16-12)15-9-13(3)5-4-6-18-13/h7-8,10H,4-6,9H2,1-3H3,(H,15,16). The number of anilines is 1. The molecule has 100 valence electrons. The van der Waals surface area contributed by atoms with Crippen LogP contribution in [0.3, 0.4) is 0 Å². The van der Waals surface area contributed by atoms with Crippen molar-refractivity contribution in [3.8, 4) is 5.88 Å². The van der Waals surface area contributed by atoms with Crippen LogP contribution in [0.25, 0.3) is 0 Å². The zero-order valence-electron chi connectivity index (χ0n) is 11.3. The fourth-order valence-electron chi connectivity index (χ4n) is 1.99. The maximum Gasteiger partial charge on any atom is 0.234 e. The Morgan fingerprint density at radius 1 is 1.50 bits per heavy atom. The smallest absolute Gasteiger partial charge is 0.234 e. The van der Waals surface area contributed by atoms with Crippen molar-refractivity contribution in [2.24, 2.45) is 0 Å². The van der Waals surface area contributed by atoms with Crippen LogP contribution in [0.2, 0.25) is 0 Å². The van der Waals surface area contributed by atoms with Gasteiger partial charge >= 0.3 is 0 Å². The lowest BCUT2D eigenvalue weighted by Gasteiger charge is -2.23. The number of nitrogens with zero attached hydrogens (tertiary/aromatic N) is 2. The van der Waals surface area contributed by atoms with Crippen LogP contribution in [-0.4, -0.2) is 33.1 Å². The highest BCUT2D eigenvalue weighted by molar-refractivity contribution is 8.00. The Kier molecular flexibility index (Phi) is 4.32. The third-order valence-electron chi connectivity index (χ3n) is 2.91. The molecular weight excluding hydrogens is 246 g/mol. The highest BCUT2D eigenvalue weighted by Gasteiger charge is 2.29. The maximum absolute atomic E-state index is 5.53. The molecule has 5 heteroatoms. The Balaban J connectivity index is 1.92. The van der Waals surface area contributed by atoms with Crippen molar-refractivity contribution in [2.75, 3.05) is 17.6 Å². The summed E-state index contributed by atoms with van der Waals surface area (Å²) in [5, 5.41) is 3.37. The van der Waals surface area contributed by atoms with Crippen LogP contribution in [0.1, 0.15) is 33.6 Å². The molecule has 1 atom stereocenters. The number of hydrogen-bond acceptors (Lipinski definition) is 5. The van der Waals surface area contributed by atoms with Gasteiger partial charge in [0.05, 0.1) is 18.5 Å². The molecule has 1 aromatic heterocycles. The van der Waals surface area contributed by atoms with Crippen LogP contribution in [0.15, 0.2) is 12.4 Å². The lowest BCUT2D eigenvalue weighted by Crippen LogP contribution is -2.27. The fourth-order valence-corrected chi connectivity index (χ4v) is 3.23. The first kappa shape index (κ1) is 13.5. The van der Waals surface area contributed by atoms with Crippen LogP contribution in [0, 0.1) is 0 Å². The highest BCUT2D eigenvalue weighted by Crippen LogP contribution is 2.37. The van der Waals surface area contributed by atoms with Gasteiger partial charge in [-0.05, 0) is 39.4 Å². The molecule has 1 aliphatic heterocycles. The Labute approximate surface area is 113 Å². The molecule has 0 amide bonds. The summed E-state index contributed by atoms with van der Waals surface area (Å²) in [5.74, 6) is 2.64. The van der Waals surface area contributed by atoms with E-state index >= 15 is 0 Å². The zero-order chi connectivity index (χ0) is 13.0. The van der Waals surface area contributed by atoms with Crippen LogP contribution >= 0.6 is 11.8 Å². The minimum atomic E-state index is 0.123. The van der Waals surface area contributed by atoms with Crippen molar-refractivity contribution in [3.05, 3.63) is 12.4 Å². The molecule has 0 aliphatic carbocycles. The first-order valence-electron chi connectivity index (χ1n) is 6.44. The van der Waals surface area contributed by atoms with Crippen LogP contribution in [0.5, 0.6) is 5.88 Å². The van der Waals surface area contributed by atoms with E-state index in [-0.39, 0.29) is 6.10 Å². The Morgan fingerprint density at radius 2 is 2.33 bits per heavy atom. The average Bonchev–Trinajstić information content (AvgIpc) is 2.74. The summed E-state index contributed by atoms with van der Waals surface area (Å²) in [7, 11) is 0. The topological polar surface area (TPSA) is 47.0 Å². The van der Waals surface area contributed by atoms with E-state index in [0.717, 1.165) is 12.4 Å². The molecule has 1 aliphatic rings. The van der Waals surface area contributed by atoms with Gasteiger partial charge in [-0.1, -0.05) is 0 Å². The molecule has 1 saturated heterocycles. The van der Waals surface area contributed by atoms with Crippen LogP contribution in [0.4, 0.5) is 5.82 Å². The largest absolute Gasteiger partial charge is 0.474 e. The van der Waals surface area contributed by atoms with E-state index in [9.17, 15) is 0 Å². The number of thioether (sulfide) groups is 1. The van der Waals surface area contributed by atoms with Crippen molar-refractivity contribution in [2.45, 2.75) is 44.5 Å². The second-order valence-corrected chi connectivity index (χ2v) is 6.85. The first-order valence-corrected chi connectivity index (χ1v) is 7.42. The molecule has 0 saturated carbocycles. The van der Waals surface area contributed by atoms with E-state index in [1.54, 1.807) is 12.4 Å². The molecule has 1 N–H and O–H groups in total. The molecule has 1 unspecified atom stereocenters. The van der Waals surface area contributed by atoms with Crippen LogP contribution in [-0.2, 0) is 0 Å².